The lowest BCUT2D eigenvalue weighted by Gasteiger charge is -2.13. The minimum atomic E-state index is -3.00. The number of nitrogens with one attached hydrogen (secondary N) is 2. The molecule has 0 aromatic heterocycles. The fourth-order valence-electron chi connectivity index (χ4n) is 2.02. The van der Waals surface area contributed by atoms with E-state index in [9.17, 15) is 22.8 Å². The minimum Gasteiger partial charge on any atom is -0.433 e. The molecule has 2 amide bonds. The molecule has 28 heavy (non-hydrogen) atoms. The van der Waals surface area contributed by atoms with Gasteiger partial charge in [-0.3, -0.25) is 9.59 Å². The molecule has 0 fully saturated rings. The van der Waals surface area contributed by atoms with Gasteiger partial charge < -0.3 is 15.4 Å². The van der Waals surface area contributed by atoms with Crippen LogP contribution in [0, 0.1) is 5.82 Å². The monoisotopic (exact) mass is 432 g/mol. The third-order valence-corrected chi connectivity index (χ3v) is 4.82. The number of halogens is 4. The number of carbonyl (C=O) groups is 2. The molecule has 10 heteroatoms. The molecular formula is C18H16ClF3N2O3S. The molecule has 2 rings (SSSR count). The van der Waals surface area contributed by atoms with E-state index in [2.05, 4.69) is 15.4 Å². The largest absolute Gasteiger partial charge is 0.433 e. The van der Waals surface area contributed by atoms with Gasteiger partial charge in [-0.25, -0.2) is 4.39 Å². The topological polar surface area (TPSA) is 67.4 Å². The molecule has 0 aliphatic rings. The number of benzene rings is 2. The van der Waals surface area contributed by atoms with Gasteiger partial charge in [0.25, 0.3) is 0 Å². The van der Waals surface area contributed by atoms with E-state index in [-0.39, 0.29) is 22.4 Å². The van der Waals surface area contributed by atoms with E-state index in [1.54, 1.807) is 6.92 Å². The summed E-state index contributed by atoms with van der Waals surface area (Å²) in [6.45, 7) is -1.39. The second-order valence-corrected chi connectivity index (χ2v) is 7.26. The molecule has 1 atom stereocenters. The van der Waals surface area contributed by atoms with Crippen LogP contribution in [0.15, 0.2) is 42.5 Å². The highest BCUT2D eigenvalue weighted by atomic mass is 35.5. The Labute approximate surface area is 168 Å². The highest BCUT2D eigenvalue weighted by Crippen LogP contribution is 2.29. The Hall–Kier alpha value is -2.39. The summed E-state index contributed by atoms with van der Waals surface area (Å²) in [5.41, 5.74) is 0.754. The van der Waals surface area contributed by atoms with Crippen molar-refractivity contribution in [1.82, 2.24) is 0 Å². The lowest BCUT2D eigenvalue weighted by atomic mass is 10.3. The van der Waals surface area contributed by atoms with Gasteiger partial charge in [0, 0.05) is 11.4 Å². The van der Waals surface area contributed by atoms with Crippen LogP contribution >= 0.6 is 23.4 Å². The first-order chi connectivity index (χ1) is 13.2. The number of anilines is 2. The molecule has 1 unspecified atom stereocenters. The van der Waals surface area contributed by atoms with E-state index < -0.39 is 23.6 Å². The molecule has 2 N–H and O–H groups in total. The van der Waals surface area contributed by atoms with Crippen LogP contribution in [0.1, 0.15) is 6.92 Å². The zero-order valence-corrected chi connectivity index (χ0v) is 16.1. The summed E-state index contributed by atoms with van der Waals surface area (Å²) < 4.78 is 41.5. The van der Waals surface area contributed by atoms with Crippen molar-refractivity contribution in [3.63, 3.8) is 0 Å². The van der Waals surface area contributed by atoms with Crippen LogP contribution in [0.2, 0.25) is 5.02 Å². The second-order valence-electron chi connectivity index (χ2n) is 5.52. The van der Waals surface area contributed by atoms with Crippen molar-refractivity contribution in [2.75, 3.05) is 16.4 Å². The third-order valence-electron chi connectivity index (χ3n) is 3.38. The fraction of sp³-hybridized carbons (Fsp3) is 0.222. The molecule has 0 radical (unpaired) electrons. The maximum Gasteiger partial charge on any atom is 0.387 e. The highest BCUT2D eigenvalue weighted by Gasteiger charge is 2.17. The molecule has 5 nitrogen and oxygen atoms in total. The van der Waals surface area contributed by atoms with Gasteiger partial charge in [-0.1, -0.05) is 11.6 Å². The maximum atomic E-state index is 12.8. The standard InChI is InChI=1S/C18H16ClF3N2O3S/c1-10(28-9-16(25)23-12-4-2-11(20)3-5-12)17(26)24-13-6-7-15(14(19)8-13)27-18(21)22/h2-8,10,18H,9H2,1H3,(H,23,25)(H,24,26). The van der Waals surface area contributed by atoms with Crippen LogP contribution in [-0.2, 0) is 9.59 Å². The predicted octanol–water partition coefficient (Wildman–Crippen LogP) is 4.78. The van der Waals surface area contributed by atoms with Crippen molar-refractivity contribution in [2.45, 2.75) is 18.8 Å². The van der Waals surface area contributed by atoms with Gasteiger partial charge in [-0.2, -0.15) is 8.78 Å². The van der Waals surface area contributed by atoms with Gasteiger partial charge in [-0.05, 0) is 49.4 Å². The van der Waals surface area contributed by atoms with E-state index in [0.717, 1.165) is 11.8 Å². The van der Waals surface area contributed by atoms with Crippen molar-refractivity contribution in [2.24, 2.45) is 0 Å². The van der Waals surface area contributed by atoms with Crippen LogP contribution in [0.25, 0.3) is 0 Å². The van der Waals surface area contributed by atoms with Crippen LogP contribution in [0.3, 0.4) is 0 Å². The first-order valence-electron chi connectivity index (χ1n) is 7.97. The molecule has 2 aromatic rings. The molecule has 0 aliphatic carbocycles. The Morgan fingerprint density at radius 2 is 1.75 bits per heavy atom. The molecule has 0 heterocycles. The summed E-state index contributed by atoms with van der Waals surface area (Å²) in [4.78, 5) is 24.1. The number of carbonyl (C=O) groups excluding carboxylic acids is 2. The smallest absolute Gasteiger partial charge is 0.387 e. The minimum absolute atomic E-state index is 0.00782. The lowest BCUT2D eigenvalue weighted by Crippen LogP contribution is -2.25. The SMILES string of the molecule is CC(SCC(=O)Nc1ccc(F)cc1)C(=O)Nc1ccc(OC(F)F)c(Cl)c1. The van der Waals surface area contributed by atoms with Gasteiger partial charge in [0.05, 0.1) is 16.0 Å². The molecule has 0 spiro atoms. The highest BCUT2D eigenvalue weighted by molar-refractivity contribution is 8.01. The van der Waals surface area contributed by atoms with Crippen LogP contribution in [0.5, 0.6) is 5.75 Å². The number of ether oxygens (including phenoxy) is 1. The fourth-order valence-corrected chi connectivity index (χ4v) is 2.93. The average Bonchev–Trinajstić information content (AvgIpc) is 2.63. The van der Waals surface area contributed by atoms with Gasteiger partial charge in [0.15, 0.2) is 0 Å². The summed E-state index contributed by atoms with van der Waals surface area (Å²) in [5, 5.41) is 4.53. The number of hydrogen-bond donors (Lipinski definition) is 2. The van der Waals surface area contributed by atoms with E-state index >= 15 is 0 Å². The van der Waals surface area contributed by atoms with E-state index in [1.807, 2.05) is 0 Å². The van der Waals surface area contributed by atoms with Gasteiger partial charge in [-0.15, -0.1) is 11.8 Å². The number of amides is 2. The van der Waals surface area contributed by atoms with Crippen LogP contribution in [-0.4, -0.2) is 29.4 Å². The first-order valence-corrected chi connectivity index (χ1v) is 9.39. The Bertz CT molecular complexity index is 837. The molecule has 150 valence electrons. The lowest BCUT2D eigenvalue weighted by molar-refractivity contribution is -0.115. The van der Waals surface area contributed by atoms with Crippen LogP contribution in [0.4, 0.5) is 24.5 Å². The van der Waals surface area contributed by atoms with Gasteiger partial charge >= 0.3 is 6.61 Å². The molecule has 2 aromatic carbocycles. The van der Waals surface area contributed by atoms with Crippen molar-refractivity contribution >= 4 is 46.6 Å². The van der Waals surface area contributed by atoms with E-state index in [1.165, 1.54) is 42.5 Å². The van der Waals surface area contributed by atoms with Gasteiger partial charge in [0.1, 0.15) is 11.6 Å². The average molecular weight is 433 g/mol. The number of hydrogen-bond acceptors (Lipinski definition) is 4. The Morgan fingerprint density at radius 3 is 2.36 bits per heavy atom. The maximum absolute atomic E-state index is 12.8. The Kier molecular flexibility index (Phi) is 8.01. The quantitative estimate of drug-likeness (QED) is 0.630. The molecular weight excluding hydrogens is 417 g/mol. The third kappa shape index (κ3) is 6.97. The van der Waals surface area contributed by atoms with Crippen molar-refractivity contribution in [3.05, 3.63) is 53.3 Å². The van der Waals surface area contributed by atoms with Crippen LogP contribution < -0.4 is 15.4 Å². The summed E-state index contributed by atoms with van der Waals surface area (Å²) >= 11 is 6.93. The number of thioether (sulfide) groups is 1. The zero-order chi connectivity index (χ0) is 20.7. The number of alkyl halides is 2. The molecule has 0 saturated heterocycles. The molecule has 0 bridgehead atoms. The van der Waals surface area contributed by atoms with E-state index in [0.29, 0.717) is 11.4 Å². The van der Waals surface area contributed by atoms with Crippen molar-refractivity contribution in [1.29, 1.82) is 0 Å². The van der Waals surface area contributed by atoms with Crippen molar-refractivity contribution in [3.8, 4) is 5.75 Å². The normalized spacial score (nSPS) is 11.8. The number of rotatable bonds is 8. The Morgan fingerprint density at radius 1 is 1.11 bits per heavy atom. The summed E-state index contributed by atoms with van der Waals surface area (Å²) in [5.74, 6) is -1.33. The van der Waals surface area contributed by atoms with Crippen molar-refractivity contribution < 1.29 is 27.5 Å². The first kappa shape index (κ1) is 21.9. The summed E-state index contributed by atoms with van der Waals surface area (Å²) in [6, 6.07) is 9.19. The predicted molar refractivity (Wildman–Crippen MR) is 104 cm³/mol. The van der Waals surface area contributed by atoms with Gasteiger partial charge in [0.2, 0.25) is 11.8 Å². The zero-order valence-electron chi connectivity index (χ0n) is 14.5. The summed E-state index contributed by atoms with van der Waals surface area (Å²) in [6.07, 6.45) is 0. The molecule has 0 saturated carbocycles. The Balaban J connectivity index is 1.82. The summed E-state index contributed by atoms with van der Waals surface area (Å²) in [7, 11) is 0. The van der Waals surface area contributed by atoms with E-state index in [4.69, 9.17) is 11.6 Å². The molecule has 0 aliphatic heterocycles. The second kappa shape index (κ2) is 10.2.